The lowest BCUT2D eigenvalue weighted by Crippen LogP contribution is -2.13. The van der Waals surface area contributed by atoms with E-state index in [1.165, 1.54) is 11.3 Å². The largest absolute Gasteiger partial charge is 0.462 e. The first-order valence-corrected chi connectivity index (χ1v) is 10.9. The van der Waals surface area contributed by atoms with Gasteiger partial charge >= 0.3 is 5.97 Å². The summed E-state index contributed by atoms with van der Waals surface area (Å²) in [6.45, 7) is 2.10. The van der Waals surface area contributed by atoms with Gasteiger partial charge in [0.05, 0.1) is 22.4 Å². The van der Waals surface area contributed by atoms with E-state index in [4.69, 9.17) is 16.3 Å². The van der Waals surface area contributed by atoms with Gasteiger partial charge in [0, 0.05) is 29.1 Å². The first-order valence-electron chi connectivity index (χ1n) is 8.70. The van der Waals surface area contributed by atoms with Crippen molar-refractivity contribution < 1.29 is 14.3 Å². The number of ether oxygens (including phenoxy) is 1. The van der Waals surface area contributed by atoms with E-state index < -0.39 is 0 Å². The standard InChI is InChI=1S/C20H19ClN2O3S2/c1-3-26-19(25)13-4-9-16-17(12-13)28-20(23(16)2)22-18(24)10-11-27-15-7-5-14(21)6-8-15/h4-9,12H,3,10-11H2,1-2H3. The zero-order valence-corrected chi connectivity index (χ0v) is 17.9. The maximum atomic E-state index is 12.3. The van der Waals surface area contributed by atoms with E-state index in [0.717, 1.165) is 15.1 Å². The minimum atomic E-state index is -0.353. The molecule has 0 saturated heterocycles. The fourth-order valence-corrected chi connectivity index (χ4v) is 4.57. The average molecular weight is 435 g/mol. The Balaban J connectivity index is 1.71. The maximum Gasteiger partial charge on any atom is 0.338 e. The van der Waals surface area contributed by atoms with Crippen molar-refractivity contribution in [2.24, 2.45) is 12.0 Å². The smallest absolute Gasteiger partial charge is 0.338 e. The number of aryl methyl sites for hydroxylation is 1. The molecule has 0 aliphatic heterocycles. The molecule has 0 saturated carbocycles. The van der Waals surface area contributed by atoms with Gasteiger partial charge in [-0.3, -0.25) is 4.79 Å². The summed E-state index contributed by atoms with van der Waals surface area (Å²) in [6, 6.07) is 12.9. The SMILES string of the molecule is CCOC(=O)c1ccc2c(c1)sc(=NC(=O)CCSc1ccc(Cl)cc1)n2C. The predicted molar refractivity (Wildman–Crippen MR) is 114 cm³/mol. The lowest BCUT2D eigenvalue weighted by molar-refractivity contribution is -0.117. The van der Waals surface area contributed by atoms with Crippen LogP contribution in [0.4, 0.5) is 0 Å². The van der Waals surface area contributed by atoms with Crippen molar-refractivity contribution in [3.8, 4) is 0 Å². The molecule has 2 aromatic carbocycles. The van der Waals surface area contributed by atoms with Gasteiger partial charge in [-0.25, -0.2) is 4.79 Å². The fourth-order valence-electron chi connectivity index (χ4n) is 2.53. The van der Waals surface area contributed by atoms with Crippen LogP contribution in [-0.2, 0) is 16.6 Å². The Morgan fingerprint density at radius 3 is 2.68 bits per heavy atom. The minimum absolute atomic E-state index is 0.172. The summed E-state index contributed by atoms with van der Waals surface area (Å²) in [7, 11) is 1.86. The van der Waals surface area contributed by atoms with Gasteiger partial charge in [-0.05, 0) is 49.4 Å². The molecule has 1 aromatic heterocycles. The highest BCUT2D eigenvalue weighted by atomic mass is 35.5. The van der Waals surface area contributed by atoms with Gasteiger partial charge in [-0.15, -0.1) is 11.8 Å². The van der Waals surface area contributed by atoms with Crippen LogP contribution in [0.2, 0.25) is 5.02 Å². The van der Waals surface area contributed by atoms with Crippen molar-refractivity contribution in [2.75, 3.05) is 12.4 Å². The van der Waals surface area contributed by atoms with Crippen LogP contribution in [0.25, 0.3) is 10.2 Å². The normalized spacial score (nSPS) is 11.8. The van der Waals surface area contributed by atoms with Crippen molar-refractivity contribution in [3.05, 3.63) is 57.9 Å². The Bertz CT molecular complexity index is 1070. The van der Waals surface area contributed by atoms with Crippen molar-refractivity contribution >= 4 is 56.8 Å². The third kappa shape index (κ3) is 5.04. The number of carbonyl (C=O) groups excluding carboxylic acids is 2. The summed E-state index contributed by atoms with van der Waals surface area (Å²) in [4.78, 5) is 30.1. The summed E-state index contributed by atoms with van der Waals surface area (Å²) < 4.78 is 7.78. The molecule has 3 rings (SSSR count). The number of halogens is 1. The van der Waals surface area contributed by atoms with Gasteiger partial charge in [0.25, 0.3) is 0 Å². The highest BCUT2D eigenvalue weighted by Gasteiger charge is 2.11. The van der Waals surface area contributed by atoms with E-state index in [9.17, 15) is 9.59 Å². The van der Waals surface area contributed by atoms with E-state index in [-0.39, 0.29) is 11.9 Å². The molecule has 146 valence electrons. The predicted octanol–water partition coefficient (Wildman–Crippen LogP) is 4.68. The number of rotatable bonds is 6. The molecule has 0 unspecified atom stereocenters. The minimum Gasteiger partial charge on any atom is -0.462 e. The molecule has 28 heavy (non-hydrogen) atoms. The number of fused-ring (bicyclic) bond motifs is 1. The Morgan fingerprint density at radius 2 is 1.96 bits per heavy atom. The Kier molecular flexibility index (Phi) is 6.93. The number of nitrogens with zero attached hydrogens (tertiary/aromatic N) is 2. The van der Waals surface area contributed by atoms with Crippen LogP contribution < -0.4 is 4.80 Å². The van der Waals surface area contributed by atoms with Crippen LogP contribution in [0, 0.1) is 0 Å². The fraction of sp³-hybridized carbons (Fsp3) is 0.250. The topological polar surface area (TPSA) is 60.7 Å². The molecular formula is C20H19ClN2O3S2. The quantitative estimate of drug-likeness (QED) is 0.417. The first-order chi connectivity index (χ1) is 13.5. The Labute approximate surface area is 176 Å². The zero-order chi connectivity index (χ0) is 20.1. The summed E-state index contributed by atoms with van der Waals surface area (Å²) in [5.74, 6) is 0.120. The molecule has 0 N–H and O–H groups in total. The number of aromatic nitrogens is 1. The van der Waals surface area contributed by atoms with Gasteiger partial charge in [-0.1, -0.05) is 22.9 Å². The zero-order valence-electron chi connectivity index (χ0n) is 15.5. The van der Waals surface area contributed by atoms with Gasteiger partial charge in [0.1, 0.15) is 0 Å². The van der Waals surface area contributed by atoms with Gasteiger partial charge in [-0.2, -0.15) is 4.99 Å². The first kappa shape index (κ1) is 20.6. The molecule has 0 aliphatic carbocycles. The van der Waals surface area contributed by atoms with Crippen LogP contribution in [0.1, 0.15) is 23.7 Å². The number of benzene rings is 2. The van der Waals surface area contributed by atoms with E-state index in [1.54, 1.807) is 30.8 Å². The van der Waals surface area contributed by atoms with Crippen LogP contribution in [0.3, 0.4) is 0 Å². The third-order valence-corrected chi connectivity index (χ3v) is 6.30. The second-order valence-electron chi connectivity index (χ2n) is 5.90. The average Bonchev–Trinajstić information content (AvgIpc) is 2.98. The monoisotopic (exact) mass is 434 g/mol. The summed E-state index contributed by atoms with van der Waals surface area (Å²) in [5.41, 5.74) is 1.41. The van der Waals surface area contributed by atoms with Gasteiger partial charge < -0.3 is 9.30 Å². The molecule has 5 nitrogen and oxygen atoms in total. The molecule has 1 heterocycles. The van der Waals surface area contributed by atoms with Crippen LogP contribution in [0.5, 0.6) is 0 Å². The maximum absolute atomic E-state index is 12.3. The third-order valence-electron chi connectivity index (χ3n) is 3.94. The Morgan fingerprint density at radius 1 is 1.21 bits per heavy atom. The molecule has 0 spiro atoms. The van der Waals surface area contributed by atoms with Crippen molar-refractivity contribution in [1.82, 2.24) is 4.57 Å². The molecule has 0 fully saturated rings. The molecule has 8 heteroatoms. The summed E-state index contributed by atoms with van der Waals surface area (Å²) in [5, 5.41) is 0.693. The molecule has 1 amide bonds. The van der Waals surface area contributed by atoms with E-state index >= 15 is 0 Å². The van der Waals surface area contributed by atoms with Crippen LogP contribution in [-0.4, -0.2) is 28.8 Å². The molecule has 0 bridgehead atoms. The van der Waals surface area contributed by atoms with Gasteiger partial charge in [0.2, 0.25) is 5.91 Å². The number of carbonyl (C=O) groups is 2. The van der Waals surface area contributed by atoms with Crippen molar-refractivity contribution in [1.29, 1.82) is 0 Å². The van der Waals surface area contributed by atoms with Crippen molar-refractivity contribution in [2.45, 2.75) is 18.2 Å². The van der Waals surface area contributed by atoms with Crippen molar-refractivity contribution in [3.63, 3.8) is 0 Å². The summed E-state index contributed by atoms with van der Waals surface area (Å²) >= 11 is 8.84. The Hall–Kier alpha value is -2.09. The number of thioether (sulfide) groups is 1. The molecule has 3 aromatic rings. The molecule has 0 atom stereocenters. The van der Waals surface area contributed by atoms with E-state index in [0.29, 0.717) is 34.2 Å². The molecule has 0 aliphatic rings. The van der Waals surface area contributed by atoms with E-state index in [1.807, 2.05) is 41.9 Å². The van der Waals surface area contributed by atoms with E-state index in [2.05, 4.69) is 4.99 Å². The number of hydrogen-bond donors (Lipinski definition) is 0. The second-order valence-corrected chi connectivity index (χ2v) is 8.52. The molecular weight excluding hydrogens is 416 g/mol. The lowest BCUT2D eigenvalue weighted by atomic mass is 10.2. The second kappa shape index (κ2) is 9.41. The number of amides is 1. The number of hydrogen-bond acceptors (Lipinski definition) is 5. The summed E-state index contributed by atoms with van der Waals surface area (Å²) in [6.07, 6.45) is 0.343. The highest BCUT2D eigenvalue weighted by Crippen LogP contribution is 2.21. The van der Waals surface area contributed by atoms with Crippen LogP contribution >= 0.6 is 34.7 Å². The lowest BCUT2D eigenvalue weighted by Gasteiger charge is -2.01. The molecule has 0 radical (unpaired) electrons. The highest BCUT2D eigenvalue weighted by molar-refractivity contribution is 7.99. The number of thiazole rings is 1. The number of esters is 1. The van der Waals surface area contributed by atoms with Gasteiger partial charge in [0.15, 0.2) is 4.80 Å². The van der Waals surface area contributed by atoms with Crippen LogP contribution in [0.15, 0.2) is 52.4 Å².